The van der Waals surface area contributed by atoms with E-state index in [1.807, 2.05) is 12.1 Å². The van der Waals surface area contributed by atoms with Gasteiger partial charge >= 0.3 is 0 Å². The van der Waals surface area contributed by atoms with E-state index in [0.717, 1.165) is 42.2 Å². The average molecular weight is 389 g/mol. The van der Waals surface area contributed by atoms with Gasteiger partial charge in [-0.25, -0.2) is 4.98 Å². The molecule has 0 bridgehead atoms. The molecule has 5 rings (SSSR count). The molecular weight excluding hydrogens is 362 g/mol. The minimum atomic E-state index is 0.475. The highest BCUT2D eigenvalue weighted by atomic mass is 16.5. The first-order valence-electron chi connectivity index (χ1n) is 10.4. The Bertz CT molecular complexity index is 1070. The summed E-state index contributed by atoms with van der Waals surface area (Å²) in [5.74, 6) is 3.43. The second-order valence-corrected chi connectivity index (χ2v) is 8.09. The van der Waals surface area contributed by atoms with E-state index in [1.54, 1.807) is 7.11 Å². The van der Waals surface area contributed by atoms with Crippen LogP contribution in [0.25, 0.3) is 17.1 Å². The molecule has 3 aromatic rings. The first kappa shape index (κ1) is 18.3. The maximum atomic E-state index is 6.00. The lowest BCUT2D eigenvalue weighted by Crippen LogP contribution is -2.37. The lowest BCUT2D eigenvalue weighted by molar-refractivity contribution is 0.210. The number of para-hydroxylation sites is 2. The molecule has 2 aliphatic rings. The smallest absolute Gasteiger partial charge is 0.130 e. The molecule has 5 nitrogen and oxygen atoms in total. The van der Waals surface area contributed by atoms with Crippen LogP contribution in [-0.2, 0) is 7.05 Å². The predicted octanol–water partition coefficient (Wildman–Crippen LogP) is 4.24. The van der Waals surface area contributed by atoms with Crippen molar-refractivity contribution in [3.8, 4) is 11.5 Å². The number of rotatable bonds is 4. The summed E-state index contributed by atoms with van der Waals surface area (Å²) in [6, 6.07) is 14.4. The van der Waals surface area contributed by atoms with Gasteiger partial charge in [-0.05, 0) is 55.3 Å². The van der Waals surface area contributed by atoms with Gasteiger partial charge < -0.3 is 14.0 Å². The van der Waals surface area contributed by atoms with E-state index < -0.39 is 0 Å². The Labute approximate surface area is 171 Å². The van der Waals surface area contributed by atoms with Crippen molar-refractivity contribution in [1.82, 2.24) is 14.5 Å². The van der Waals surface area contributed by atoms with Crippen molar-refractivity contribution in [1.29, 1.82) is 0 Å². The largest absolute Gasteiger partial charge is 0.497 e. The molecule has 1 fully saturated rings. The van der Waals surface area contributed by atoms with Crippen molar-refractivity contribution < 1.29 is 9.47 Å². The maximum Gasteiger partial charge on any atom is 0.130 e. The molecule has 0 saturated carbocycles. The summed E-state index contributed by atoms with van der Waals surface area (Å²) in [4.78, 5) is 7.50. The van der Waals surface area contributed by atoms with Crippen molar-refractivity contribution in [3.63, 3.8) is 0 Å². The third-order valence-electron chi connectivity index (χ3n) is 6.11. The fourth-order valence-electron chi connectivity index (χ4n) is 4.64. The number of ether oxygens (including phenoxy) is 2. The highest BCUT2D eigenvalue weighted by molar-refractivity contribution is 5.75. The molecule has 150 valence electrons. The van der Waals surface area contributed by atoms with Gasteiger partial charge in [-0.2, -0.15) is 0 Å². The predicted molar refractivity (Wildman–Crippen MR) is 116 cm³/mol. The molecule has 3 heterocycles. The van der Waals surface area contributed by atoms with Gasteiger partial charge in [0.25, 0.3) is 0 Å². The van der Waals surface area contributed by atoms with Crippen LogP contribution < -0.4 is 9.47 Å². The van der Waals surface area contributed by atoms with E-state index >= 15 is 0 Å². The van der Waals surface area contributed by atoms with Crippen LogP contribution in [0.3, 0.4) is 0 Å². The number of piperidine rings is 1. The minimum Gasteiger partial charge on any atom is -0.497 e. The van der Waals surface area contributed by atoms with Gasteiger partial charge in [-0.15, -0.1) is 0 Å². The Morgan fingerprint density at radius 2 is 2.10 bits per heavy atom. The van der Waals surface area contributed by atoms with E-state index in [1.165, 1.54) is 29.8 Å². The Morgan fingerprint density at radius 3 is 2.97 bits per heavy atom. The summed E-state index contributed by atoms with van der Waals surface area (Å²) in [6.07, 6.45) is 4.68. The van der Waals surface area contributed by atoms with Gasteiger partial charge in [-0.3, -0.25) is 4.90 Å². The van der Waals surface area contributed by atoms with Crippen LogP contribution in [-0.4, -0.2) is 47.8 Å². The Hall–Kier alpha value is -2.79. The van der Waals surface area contributed by atoms with Crippen molar-refractivity contribution in [2.75, 3.05) is 33.4 Å². The summed E-state index contributed by atoms with van der Waals surface area (Å²) in [5, 5.41) is 0. The zero-order valence-electron chi connectivity index (χ0n) is 17.1. The summed E-state index contributed by atoms with van der Waals surface area (Å²) < 4.78 is 13.6. The van der Waals surface area contributed by atoms with Crippen molar-refractivity contribution in [2.24, 2.45) is 7.05 Å². The van der Waals surface area contributed by atoms with Crippen LogP contribution in [0.15, 0.2) is 48.0 Å². The van der Waals surface area contributed by atoms with Gasteiger partial charge in [0.1, 0.15) is 23.9 Å². The number of hydrogen-bond acceptors (Lipinski definition) is 4. The van der Waals surface area contributed by atoms with Crippen LogP contribution in [0.2, 0.25) is 0 Å². The third kappa shape index (κ3) is 3.51. The fraction of sp³-hybridized carbons (Fsp3) is 0.375. The maximum absolute atomic E-state index is 6.00. The molecule has 1 saturated heterocycles. The summed E-state index contributed by atoms with van der Waals surface area (Å²) in [6.45, 7) is 3.77. The van der Waals surface area contributed by atoms with Crippen LogP contribution in [0.5, 0.6) is 11.5 Å². The third-order valence-corrected chi connectivity index (χ3v) is 6.11. The molecule has 0 radical (unpaired) electrons. The minimum absolute atomic E-state index is 0.475. The van der Waals surface area contributed by atoms with Gasteiger partial charge in [0.15, 0.2) is 0 Å². The number of likely N-dealkylation sites (tertiary alicyclic amines) is 1. The molecular formula is C24H27N3O2. The average Bonchev–Trinajstić information content (AvgIpc) is 3.10. The molecule has 1 unspecified atom stereocenters. The van der Waals surface area contributed by atoms with Gasteiger partial charge in [0, 0.05) is 37.7 Å². The molecule has 1 aromatic heterocycles. The molecule has 0 amide bonds. The Morgan fingerprint density at radius 1 is 1.21 bits per heavy atom. The zero-order chi connectivity index (χ0) is 19.8. The van der Waals surface area contributed by atoms with Crippen LogP contribution in [0, 0.1) is 0 Å². The molecule has 1 atom stereocenters. The number of benzene rings is 2. The second-order valence-electron chi connectivity index (χ2n) is 8.09. The van der Waals surface area contributed by atoms with E-state index in [2.05, 4.69) is 52.9 Å². The normalized spacial score (nSPS) is 19.5. The number of methoxy groups -OCH3 is 1. The second kappa shape index (κ2) is 7.56. The quantitative estimate of drug-likeness (QED) is 0.669. The van der Waals surface area contributed by atoms with E-state index in [-0.39, 0.29) is 0 Å². The van der Waals surface area contributed by atoms with Gasteiger partial charge in [0.2, 0.25) is 0 Å². The van der Waals surface area contributed by atoms with Gasteiger partial charge in [-0.1, -0.05) is 12.1 Å². The molecule has 5 heteroatoms. The van der Waals surface area contributed by atoms with Crippen molar-refractivity contribution in [2.45, 2.75) is 18.8 Å². The highest BCUT2D eigenvalue weighted by Crippen LogP contribution is 2.32. The lowest BCUT2D eigenvalue weighted by atomic mass is 9.96. The number of hydrogen-bond donors (Lipinski definition) is 0. The number of nitrogens with zero attached hydrogens (tertiary/aromatic N) is 3. The highest BCUT2D eigenvalue weighted by Gasteiger charge is 2.26. The van der Waals surface area contributed by atoms with Crippen LogP contribution >= 0.6 is 0 Å². The molecule has 0 spiro atoms. The van der Waals surface area contributed by atoms with Crippen molar-refractivity contribution in [3.05, 3.63) is 59.4 Å². The molecule has 0 N–H and O–H groups in total. The summed E-state index contributed by atoms with van der Waals surface area (Å²) >= 11 is 0. The molecule has 2 aromatic carbocycles. The number of aromatic nitrogens is 2. The van der Waals surface area contributed by atoms with Gasteiger partial charge in [0.05, 0.1) is 18.1 Å². The first-order valence-corrected chi connectivity index (χ1v) is 10.4. The summed E-state index contributed by atoms with van der Waals surface area (Å²) in [7, 11) is 3.83. The Balaban J connectivity index is 1.32. The number of fused-ring (bicyclic) bond motifs is 2. The SMILES string of the molecule is COc1ccc2c(c1)OCC(CN1CCCC(c3nc4ccccc4n3C)C1)=C2. The van der Waals surface area contributed by atoms with Crippen LogP contribution in [0.4, 0.5) is 0 Å². The Kier molecular flexibility index (Phi) is 4.76. The first-order chi connectivity index (χ1) is 14.2. The van der Waals surface area contributed by atoms with E-state index in [4.69, 9.17) is 14.5 Å². The fourth-order valence-corrected chi connectivity index (χ4v) is 4.64. The number of aryl methyl sites for hydroxylation is 1. The van der Waals surface area contributed by atoms with Crippen LogP contribution in [0.1, 0.15) is 30.1 Å². The standard InChI is InChI=1S/C24H27N3O2/c1-26-22-8-4-3-7-21(22)25-24(26)19-6-5-11-27(15-19)14-17-12-18-9-10-20(28-2)13-23(18)29-16-17/h3-4,7-10,12-13,19H,5-6,11,14-16H2,1-2H3. The molecule has 29 heavy (non-hydrogen) atoms. The number of imidazole rings is 1. The zero-order valence-corrected chi connectivity index (χ0v) is 17.1. The molecule has 0 aliphatic carbocycles. The van der Waals surface area contributed by atoms with E-state index in [0.29, 0.717) is 12.5 Å². The topological polar surface area (TPSA) is 39.5 Å². The monoisotopic (exact) mass is 389 g/mol. The molecule has 2 aliphatic heterocycles. The van der Waals surface area contributed by atoms with Crippen molar-refractivity contribution >= 4 is 17.1 Å². The lowest BCUT2D eigenvalue weighted by Gasteiger charge is -2.33. The summed E-state index contributed by atoms with van der Waals surface area (Å²) in [5.41, 5.74) is 4.77. The van der Waals surface area contributed by atoms with E-state index in [9.17, 15) is 0 Å².